The van der Waals surface area contributed by atoms with Gasteiger partial charge in [-0.25, -0.2) is 0 Å². The van der Waals surface area contributed by atoms with E-state index in [9.17, 15) is 4.79 Å². The smallest absolute Gasteiger partial charge is 0.163 e. The van der Waals surface area contributed by atoms with Gasteiger partial charge in [0.1, 0.15) is 6.10 Å². The second kappa shape index (κ2) is 3.86. The maximum atomic E-state index is 11.0. The third kappa shape index (κ3) is 2.29. The molecule has 11 heavy (non-hydrogen) atoms. The van der Waals surface area contributed by atoms with Crippen molar-refractivity contribution in [1.29, 1.82) is 0 Å². The van der Waals surface area contributed by atoms with E-state index in [0.717, 1.165) is 6.42 Å². The number of hydrogen-bond acceptors (Lipinski definition) is 2. The Morgan fingerprint density at radius 1 is 1.45 bits per heavy atom. The molecule has 0 aromatic carbocycles. The highest BCUT2D eigenvalue weighted by molar-refractivity contribution is 5.85. The molecule has 0 aliphatic carbocycles. The Kier molecular flexibility index (Phi) is 3.06. The number of hydrogen-bond donors (Lipinski definition) is 0. The van der Waals surface area contributed by atoms with Gasteiger partial charge in [0, 0.05) is 6.42 Å². The molecule has 1 fully saturated rings. The summed E-state index contributed by atoms with van der Waals surface area (Å²) in [7, 11) is 0. The molecule has 1 saturated heterocycles. The zero-order valence-corrected chi connectivity index (χ0v) is 7.30. The molecule has 0 aromatic rings. The van der Waals surface area contributed by atoms with Crippen molar-refractivity contribution in [2.45, 2.75) is 51.7 Å². The van der Waals surface area contributed by atoms with Crippen molar-refractivity contribution in [2.24, 2.45) is 0 Å². The van der Waals surface area contributed by atoms with Gasteiger partial charge in [-0.15, -0.1) is 0 Å². The third-order valence-electron chi connectivity index (χ3n) is 2.09. The van der Waals surface area contributed by atoms with Gasteiger partial charge >= 0.3 is 0 Å². The van der Waals surface area contributed by atoms with Crippen LogP contribution in [-0.2, 0) is 9.53 Å². The molecule has 0 spiro atoms. The molecule has 2 heteroatoms. The minimum absolute atomic E-state index is 0.0356. The monoisotopic (exact) mass is 156 g/mol. The molecule has 1 aliphatic heterocycles. The number of unbranched alkanes of at least 4 members (excludes halogenated alkanes) is 1. The molecule has 0 saturated carbocycles. The zero-order valence-electron chi connectivity index (χ0n) is 7.30. The van der Waals surface area contributed by atoms with Gasteiger partial charge in [-0.3, -0.25) is 4.79 Å². The van der Waals surface area contributed by atoms with Crippen LogP contribution < -0.4 is 0 Å². The van der Waals surface area contributed by atoms with Crippen LogP contribution >= 0.6 is 0 Å². The molecule has 64 valence electrons. The molecule has 0 N–H and O–H groups in total. The average Bonchev–Trinajstić information content (AvgIpc) is 2.78. The van der Waals surface area contributed by atoms with Gasteiger partial charge in [-0.1, -0.05) is 26.7 Å². The van der Waals surface area contributed by atoms with E-state index in [1.165, 1.54) is 12.8 Å². The van der Waals surface area contributed by atoms with Crippen LogP contribution in [0, 0.1) is 0 Å². The van der Waals surface area contributed by atoms with Crippen LogP contribution in [0.1, 0.15) is 39.5 Å². The maximum Gasteiger partial charge on any atom is 0.163 e. The Hall–Kier alpha value is -0.370. The fraction of sp³-hybridized carbons (Fsp3) is 0.889. The lowest BCUT2D eigenvalue weighted by Gasteiger charge is -1.90. The molecular formula is C9H16O2. The molecule has 2 atom stereocenters. The zero-order chi connectivity index (χ0) is 8.27. The second-order valence-corrected chi connectivity index (χ2v) is 3.06. The van der Waals surface area contributed by atoms with E-state index < -0.39 is 0 Å². The molecule has 0 amide bonds. The SMILES string of the molecule is CCCC[C@H]1O[C@@H]1C(=O)CC. The first kappa shape index (κ1) is 8.72. The van der Waals surface area contributed by atoms with Crippen LogP contribution in [0.25, 0.3) is 0 Å². The first-order chi connectivity index (χ1) is 5.29. The number of Topliss-reactive ketones (excluding diaryl/α,β-unsaturated/α-hetero) is 1. The Morgan fingerprint density at radius 2 is 2.18 bits per heavy atom. The Labute approximate surface area is 67.9 Å². The standard InChI is InChI=1S/C9H16O2/c1-3-5-6-8-9(11-8)7(10)4-2/h8-9H,3-6H2,1-2H3/t8-,9-/m1/s1. The number of rotatable bonds is 5. The van der Waals surface area contributed by atoms with Gasteiger partial charge < -0.3 is 4.74 Å². The van der Waals surface area contributed by atoms with E-state index in [1.807, 2.05) is 6.92 Å². The van der Waals surface area contributed by atoms with Crippen molar-refractivity contribution < 1.29 is 9.53 Å². The van der Waals surface area contributed by atoms with Crippen LogP contribution in [0.3, 0.4) is 0 Å². The number of carbonyl (C=O) groups excluding carboxylic acids is 1. The van der Waals surface area contributed by atoms with E-state index in [4.69, 9.17) is 4.74 Å². The number of ketones is 1. The molecule has 0 radical (unpaired) electrons. The second-order valence-electron chi connectivity index (χ2n) is 3.06. The van der Waals surface area contributed by atoms with E-state index in [1.54, 1.807) is 0 Å². The summed E-state index contributed by atoms with van der Waals surface area (Å²) in [6.45, 7) is 4.04. The average molecular weight is 156 g/mol. The predicted octanol–water partition coefficient (Wildman–Crippen LogP) is 1.92. The fourth-order valence-corrected chi connectivity index (χ4v) is 1.25. The maximum absolute atomic E-state index is 11.0. The van der Waals surface area contributed by atoms with Crippen LogP contribution in [0.5, 0.6) is 0 Å². The van der Waals surface area contributed by atoms with Crippen molar-refractivity contribution in [2.75, 3.05) is 0 Å². The quantitative estimate of drug-likeness (QED) is 0.569. The van der Waals surface area contributed by atoms with Gasteiger partial charge in [-0.2, -0.15) is 0 Å². The third-order valence-corrected chi connectivity index (χ3v) is 2.09. The number of epoxide rings is 1. The van der Waals surface area contributed by atoms with E-state index >= 15 is 0 Å². The van der Waals surface area contributed by atoms with Gasteiger partial charge in [0.25, 0.3) is 0 Å². The van der Waals surface area contributed by atoms with Gasteiger partial charge in [-0.05, 0) is 6.42 Å². The van der Waals surface area contributed by atoms with Crippen LogP contribution in [-0.4, -0.2) is 18.0 Å². The molecule has 0 aromatic heterocycles. The lowest BCUT2D eigenvalue weighted by molar-refractivity contribution is -0.119. The first-order valence-electron chi connectivity index (χ1n) is 4.47. The van der Waals surface area contributed by atoms with Crippen LogP contribution in [0.4, 0.5) is 0 Å². The first-order valence-corrected chi connectivity index (χ1v) is 4.47. The Bertz CT molecular complexity index is 142. The largest absolute Gasteiger partial charge is 0.361 e. The van der Waals surface area contributed by atoms with Crippen molar-refractivity contribution in [3.05, 3.63) is 0 Å². The normalized spacial score (nSPS) is 28.5. The highest BCUT2D eigenvalue weighted by Gasteiger charge is 2.42. The van der Waals surface area contributed by atoms with E-state index in [0.29, 0.717) is 6.42 Å². The van der Waals surface area contributed by atoms with Crippen molar-refractivity contribution in [3.63, 3.8) is 0 Å². The fourth-order valence-electron chi connectivity index (χ4n) is 1.25. The molecule has 0 bridgehead atoms. The summed E-state index contributed by atoms with van der Waals surface area (Å²) < 4.78 is 5.22. The highest BCUT2D eigenvalue weighted by Crippen LogP contribution is 2.28. The minimum Gasteiger partial charge on any atom is -0.361 e. The van der Waals surface area contributed by atoms with Crippen LogP contribution in [0.2, 0.25) is 0 Å². The molecule has 1 heterocycles. The van der Waals surface area contributed by atoms with Gasteiger partial charge in [0.15, 0.2) is 5.78 Å². The molecular weight excluding hydrogens is 140 g/mol. The molecule has 1 rings (SSSR count). The molecule has 2 nitrogen and oxygen atoms in total. The highest BCUT2D eigenvalue weighted by atomic mass is 16.6. The van der Waals surface area contributed by atoms with Crippen molar-refractivity contribution in [1.82, 2.24) is 0 Å². The number of ether oxygens (including phenoxy) is 1. The summed E-state index contributed by atoms with van der Waals surface area (Å²) in [6, 6.07) is 0. The van der Waals surface area contributed by atoms with Gasteiger partial charge in [0.05, 0.1) is 6.10 Å². The summed E-state index contributed by atoms with van der Waals surface area (Å²) in [5.74, 6) is 0.270. The lowest BCUT2D eigenvalue weighted by atomic mass is 10.1. The van der Waals surface area contributed by atoms with Gasteiger partial charge in [0.2, 0.25) is 0 Å². The Balaban J connectivity index is 2.11. The molecule has 1 aliphatic rings. The summed E-state index contributed by atoms with van der Waals surface area (Å²) in [6.07, 6.45) is 4.28. The van der Waals surface area contributed by atoms with Crippen molar-refractivity contribution >= 4 is 5.78 Å². The van der Waals surface area contributed by atoms with Crippen LogP contribution in [0.15, 0.2) is 0 Å². The Morgan fingerprint density at radius 3 is 2.73 bits per heavy atom. The number of carbonyl (C=O) groups is 1. The van der Waals surface area contributed by atoms with E-state index in [2.05, 4.69) is 6.92 Å². The topological polar surface area (TPSA) is 29.6 Å². The summed E-state index contributed by atoms with van der Waals surface area (Å²) >= 11 is 0. The predicted molar refractivity (Wildman–Crippen MR) is 43.5 cm³/mol. The summed E-state index contributed by atoms with van der Waals surface area (Å²) in [5.41, 5.74) is 0. The van der Waals surface area contributed by atoms with Crippen molar-refractivity contribution in [3.8, 4) is 0 Å². The summed E-state index contributed by atoms with van der Waals surface area (Å²) in [4.78, 5) is 11.0. The lowest BCUT2D eigenvalue weighted by Crippen LogP contribution is -2.07. The minimum atomic E-state index is -0.0356. The summed E-state index contributed by atoms with van der Waals surface area (Å²) in [5, 5.41) is 0. The molecule has 0 unspecified atom stereocenters. The van der Waals surface area contributed by atoms with E-state index in [-0.39, 0.29) is 18.0 Å².